The molecule has 0 bridgehead atoms. The Labute approximate surface area is 152 Å². The lowest BCUT2D eigenvalue weighted by Crippen LogP contribution is -2.37. The lowest BCUT2D eigenvalue weighted by Gasteiger charge is -2.22. The summed E-state index contributed by atoms with van der Waals surface area (Å²) in [5.41, 5.74) is 6.51. The molecule has 2 aromatic carbocycles. The third-order valence-electron chi connectivity index (χ3n) is 3.41. The van der Waals surface area contributed by atoms with Crippen LogP contribution in [0.4, 0.5) is 4.39 Å². The van der Waals surface area contributed by atoms with E-state index in [-0.39, 0.29) is 37.1 Å². The third-order valence-corrected chi connectivity index (χ3v) is 5.61. The van der Waals surface area contributed by atoms with Gasteiger partial charge in [0.1, 0.15) is 4.90 Å². The van der Waals surface area contributed by atoms with Crippen LogP contribution in [0.3, 0.4) is 0 Å². The number of nitrogens with zero attached hydrogens (tertiary/aromatic N) is 1. The summed E-state index contributed by atoms with van der Waals surface area (Å²) in [6.45, 7) is 0.479. The lowest BCUT2D eigenvalue weighted by molar-refractivity contribution is 0.418. The van der Waals surface area contributed by atoms with Gasteiger partial charge in [0.25, 0.3) is 0 Å². The molecule has 0 radical (unpaired) electrons. The first kappa shape index (κ1) is 20.9. The molecular formula is C16H19Cl2FN2O2S. The maximum absolute atomic E-state index is 14.1. The van der Waals surface area contributed by atoms with Gasteiger partial charge in [0.2, 0.25) is 10.0 Å². The fraction of sp³-hybridized carbons (Fsp3) is 0.250. The highest BCUT2D eigenvalue weighted by atomic mass is 35.5. The predicted molar refractivity (Wildman–Crippen MR) is 96.6 cm³/mol. The van der Waals surface area contributed by atoms with E-state index >= 15 is 0 Å². The Balaban J connectivity index is 0.00000288. The van der Waals surface area contributed by atoms with Crippen molar-refractivity contribution in [1.29, 1.82) is 0 Å². The average Bonchev–Trinajstić information content (AvgIpc) is 2.54. The smallest absolute Gasteiger partial charge is 0.246 e. The number of halogens is 3. The number of hydrogen-bond donors (Lipinski definition) is 1. The van der Waals surface area contributed by atoms with Crippen molar-refractivity contribution in [3.63, 3.8) is 0 Å². The van der Waals surface area contributed by atoms with Gasteiger partial charge in [-0.25, -0.2) is 12.8 Å². The SMILES string of the molecule is Cl.NCCN(CCc1ccccc1)S(=O)(=O)c1cccc(Cl)c1F. The van der Waals surface area contributed by atoms with E-state index < -0.39 is 20.7 Å². The van der Waals surface area contributed by atoms with Gasteiger partial charge < -0.3 is 5.73 Å². The second-order valence-electron chi connectivity index (χ2n) is 4.98. The Morgan fingerprint density at radius 3 is 2.33 bits per heavy atom. The summed E-state index contributed by atoms with van der Waals surface area (Å²) >= 11 is 5.69. The fourth-order valence-corrected chi connectivity index (χ4v) is 3.99. The van der Waals surface area contributed by atoms with Crippen LogP contribution in [0, 0.1) is 5.82 Å². The zero-order valence-corrected chi connectivity index (χ0v) is 15.2. The molecule has 0 saturated heterocycles. The van der Waals surface area contributed by atoms with Crippen LogP contribution in [0.25, 0.3) is 0 Å². The normalized spacial score (nSPS) is 11.3. The Hall–Kier alpha value is -1.18. The summed E-state index contributed by atoms with van der Waals surface area (Å²) in [6, 6.07) is 13.4. The summed E-state index contributed by atoms with van der Waals surface area (Å²) in [7, 11) is -3.99. The minimum Gasteiger partial charge on any atom is -0.329 e. The van der Waals surface area contributed by atoms with Gasteiger partial charge in [-0.2, -0.15) is 4.31 Å². The molecule has 0 heterocycles. The lowest BCUT2D eigenvalue weighted by atomic mass is 10.1. The highest BCUT2D eigenvalue weighted by Crippen LogP contribution is 2.24. The number of hydrogen-bond acceptors (Lipinski definition) is 3. The summed E-state index contributed by atoms with van der Waals surface area (Å²) < 4.78 is 40.7. The first-order chi connectivity index (χ1) is 11.0. The van der Waals surface area contributed by atoms with Gasteiger partial charge in [-0.05, 0) is 24.1 Å². The predicted octanol–water partition coefficient (Wildman–Crippen LogP) is 3.09. The highest BCUT2D eigenvalue weighted by Gasteiger charge is 2.27. The monoisotopic (exact) mass is 392 g/mol. The van der Waals surface area contributed by atoms with Crippen molar-refractivity contribution in [3.05, 3.63) is 64.9 Å². The van der Waals surface area contributed by atoms with E-state index in [1.807, 2.05) is 30.3 Å². The average molecular weight is 393 g/mol. The van der Waals surface area contributed by atoms with E-state index in [0.717, 1.165) is 5.56 Å². The van der Waals surface area contributed by atoms with E-state index in [4.69, 9.17) is 17.3 Å². The minimum absolute atomic E-state index is 0. The molecule has 4 nitrogen and oxygen atoms in total. The van der Waals surface area contributed by atoms with Crippen LogP contribution in [-0.4, -0.2) is 32.4 Å². The Kier molecular flexibility index (Phi) is 8.12. The molecule has 0 amide bonds. The molecule has 24 heavy (non-hydrogen) atoms. The van der Waals surface area contributed by atoms with Gasteiger partial charge in [0, 0.05) is 19.6 Å². The summed E-state index contributed by atoms with van der Waals surface area (Å²) in [5.74, 6) is -0.934. The van der Waals surface area contributed by atoms with Crippen LogP contribution in [0.5, 0.6) is 0 Å². The van der Waals surface area contributed by atoms with E-state index in [0.29, 0.717) is 6.42 Å². The van der Waals surface area contributed by atoms with Crippen molar-refractivity contribution >= 4 is 34.0 Å². The molecule has 0 unspecified atom stereocenters. The number of rotatable bonds is 7. The van der Waals surface area contributed by atoms with Crippen LogP contribution in [0.2, 0.25) is 5.02 Å². The van der Waals surface area contributed by atoms with Crippen molar-refractivity contribution in [2.24, 2.45) is 5.73 Å². The molecule has 2 N–H and O–H groups in total. The standard InChI is InChI=1S/C16H18ClFN2O2S.ClH/c17-14-7-4-8-15(16(14)18)23(21,22)20(12-10-19)11-9-13-5-2-1-3-6-13;/h1-8H,9-12,19H2;1H. The third kappa shape index (κ3) is 4.91. The topological polar surface area (TPSA) is 63.4 Å². The summed E-state index contributed by atoms with van der Waals surface area (Å²) in [5, 5.41) is -0.221. The Morgan fingerprint density at radius 1 is 1.04 bits per heavy atom. The molecule has 0 aromatic heterocycles. The fourth-order valence-electron chi connectivity index (χ4n) is 2.22. The first-order valence-electron chi connectivity index (χ1n) is 7.15. The molecule has 0 aliphatic heterocycles. The molecule has 2 rings (SSSR count). The second kappa shape index (κ2) is 9.34. The van der Waals surface area contributed by atoms with Crippen LogP contribution in [-0.2, 0) is 16.4 Å². The number of nitrogens with two attached hydrogens (primary N) is 1. The molecule has 0 atom stereocenters. The van der Waals surface area contributed by atoms with Crippen molar-refractivity contribution < 1.29 is 12.8 Å². The van der Waals surface area contributed by atoms with Gasteiger partial charge in [0.15, 0.2) is 5.82 Å². The van der Waals surface area contributed by atoms with Gasteiger partial charge in [0.05, 0.1) is 5.02 Å². The summed E-state index contributed by atoms with van der Waals surface area (Å²) in [6.07, 6.45) is 0.516. The van der Waals surface area contributed by atoms with Crippen LogP contribution < -0.4 is 5.73 Å². The molecule has 0 fully saturated rings. The molecule has 0 saturated carbocycles. The van der Waals surface area contributed by atoms with E-state index in [2.05, 4.69) is 0 Å². The van der Waals surface area contributed by atoms with Crippen molar-refractivity contribution in [2.45, 2.75) is 11.3 Å². The first-order valence-corrected chi connectivity index (χ1v) is 8.96. The zero-order chi connectivity index (χ0) is 16.9. The van der Waals surface area contributed by atoms with Gasteiger partial charge in [-0.15, -0.1) is 12.4 Å². The highest BCUT2D eigenvalue weighted by molar-refractivity contribution is 7.89. The number of benzene rings is 2. The van der Waals surface area contributed by atoms with E-state index in [1.54, 1.807) is 0 Å². The molecule has 132 valence electrons. The molecule has 0 spiro atoms. The molecule has 0 aliphatic rings. The Morgan fingerprint density at radius 2 is 1.71 bits per heavy atom. The minimum atomic E-state index is -3.99. The van der Waals surface area contributed by atoms with Gasteiger partial charge >= 0.3 is 0 Å². The van der Waals surface area contributed by atoms with E-state index in [1.165, 1.54) is 22.5 Å². The molecule has 0 aliphatic carbocycles. The van der Waals surface area contributed by atoms with Gasteiger partial charge in [-0.1, -0.05) is 48.0 Å². The van der Waals surface area contributed by atoms with Crippen LogP contribution in [0.15, 0.2) is 53.4 Å². The van der Waals surface area contributed by atoms with Crippen molar-refractivity contribution in [2.75, 3.05) is 19.6 Å². The maximum atomic E-state index is 14.1. The quantitative estimate of drug-likeness (QED) is 0.787. The van der Waals surface area contributed by atoms with E-state index in [9.17, 15) is 12.8 Å². The molecule has 2 aromatic rings. The van der Waals surface area contributed by atoms with Gasteiger partial charge in [-0.3, -0.25) is 0 Å². The maximum Gasteiger partial charge on any atom is 0.246 e. The van der Waals surface area contributed by atoms with Crippen molar-refractivity contribution in [3.8, 4) is 0 Å². The van der Waals surface area contributed by atoms with Crippen LogP contribution >= 0.6 is 24.0 Å². The molecule has 8 heteroatoms. The largest absolute Gasteiger partial charge is 0.329 e. The molecular weight excluding hydrogens is 374 g/mol. The second-order valence-corrected chi connectivity index (χ2v) is 7.29. The Bertz CT molecular complexity index is 758. The van der Waals surface area contributed by atoms with Crippen molar-refractivity contribution in [1.82, 2.24) is 4.31 Å². The zero-order valence-electron chi connectivity index (χ0n) is 12.9. The van der Waals surface area contributed by atoms with Crippen LogP contribution in [0.1, 0.15) is 5.56 Å². The summed E-state index contributed by atoms with van der Waals surface area (Å²) in [4.78, 5) is -0.425. The number of sulfonamides is 1.